The summed E-state index contributed by atoms with van der Waals surface area (Å²) in [7, 11) is 0. The number of anilines is 1. The van der Waals surface area contributed by atoms with Crippen LogP contribution in [-0.2, 0) is 12.6 Å². The lowest BCUT2D eigenvalue weighted by atomic mass is 10.1. The second kappa shape index (κ2) is 5.90. The molecule has 0 aromatic carbocycles. The third-order valence-electron chi connectivity index (χ3n) is 3.31. The Morgan fingerprint density at radius 3 is 2.78 bits per heavy atom. The Labute approximate surface area is 129 Å². The fourth-order valence-electron chi connectivity index (χ4n) is 2.18. The molecule has 9 heteroatoms. The Kier molecular flexibility index (Phi) is 3.93. The van der Waals surface area contributed by atoms with E-state index in [-0.39, 0.29) is 11.7 Å². The number of halogens is 3. The van der Waals surface area contributed by atoms with Gasteiger partial charge in [0.05, 0.1) is 6.26 Å². The molecule has 3 rings (SSSR count). The van der Waals surface area contributed by atoms with Crippen molar-refractivity contribution in [3.05, 3.63) is 42.1 Å². The Morgan fingerprint density at radius 2 is 2.09 bits per heavy atom. The molecule has 122 valence electrons. The van der Waals surface area contributed by atoms with Crippen molar-refractivity contribution in [1.82, 2.24) is 19.8 Å². The number of rotatable bonds is 5. The van der Waals surface area contributed by atoms with Gasteiger partial charge in [-0.3, -0.25) is 0 Å². The molecule has 0 aliphatic rings. The van der Waals surface area contributed by atoms with Gasteiger partial charge in [-0.25, -0.2) is 0 Å². The van der Waals surface area contributed by atoms with E-state index in [9.17, 15) is 13.2 Å². The molecule has 0 fully saturated rings. The van der Waals surface area contributed by atoms with Gasteiger partial charge in [0, 0.05) is 12.5 Å². The molecule has 0 saturated heterocycles. The van der Waals surface area contributed by atoms with Crippen LogP contribution in [0.2, 0.25) is 0 Å². The van der Waals surface area contributed by atoms with Crippen molar-refractivity contribution in [2.45, 2.75) is 32.0 Å². The number of aromatic nitrogens is 4. The quantitative estimate of drug-likeness (QED) is 0.780. The zero-order valence-electron chi connectivity index (χ0n) is 12.2. The number of aryl methyl sites for hydroxylation is 1. The van der Waals surface area contributed by atoms with E-state index in [4.69, 9.17) is 4.42 Å². The molecule has 23 heavy (non-hydrogen) atoms. The van der Waals surface area contributed by atoms with Gasteiger partial charge in [-0.05, 0) is 37.6 Å². The van der Waals surface area contributed by atoms with Crippen LogP contribution in [-0.4, -0.2) is 25.9 Å². The van der Waals surface area contributed by atoms with Gasteiger partial charge in [-0.2, -0.15) is 17.7 Å². The molecule has 3 heterocycles. The van der Waals surface area contributed by atoms with Crippen LogP contribution in [0.4, 0.5) is 19.0 Å². The van der Waals surface area contributed by atoms with E-state index in [2.05, 4.69) is 20.6 Å². The summed E-state index contributed by atoms with van der Waals surface area (Å²) in [5.41, 5.74) is 0.0473. The Hall–Kier alpha value is -2.58. The molecule has 0 aliphatic heterocycles. The monoisotopic (exact) mass is 325 g/mol. The first kappa shape index (κ1) is 15.3. The number of nitrogens with zero attached hydrogens (tertiary/aromatic N) is 4. The van der Waals surface area contributed by atoms with Crippen molar-refractivity contribution in [2.24, 2.45) is 0 Å². The Bertz CT molecular complexity index is 781. The first-order valence-corrected chi connectivity index (χ1v) is 7.02. The van der Waals surface area contributed by atoms with Crippen LogP contribution in [0.5, 0.6) is 0 Å². The highest BCUT2D eigenvalue weighted by atomic mass is 19.4. The first-order valence-electron chi connectivity index (χ1n) is 7.02. The molecule has 0 amide bonds. The summed E-state index contributed by atoms with van der Waals surface area (Å²) < 4.78 is 44.4. The molecular formula is C14H14F3N5O. The van der Waals surface area contributed by atoms with Crippen LogP contribution in [0, 0.1) is 0 Å². The second-order valence-corrected chi connectivity index (χ2v) is 5.17. The topological polar surface area (TPSA) is 68.2 Å². The molecule has 1 atom stereocenters. The van der Waals surface area contributed by atoms with Crippen molar-refractivity contribution < 1.29 is 17.6 Å². The molecule has 0 radical (unpaired) electrons. The fraction of sp³-hybridized carbons (Fsp3) is 0.357. The maximum atomic E-state index is 12.8. The van der Waals surface area contributed by atoms with Crippen LogP contribution in [0.1, 0.15) is 24.9 Å². The van der Waals surface area contributed by atoms with E-state index in [0.717, 1.165) is 18.6 Å². The summed E-state index contributed by atoms with van der Waals surface area (Å²) in [5.74, 6) is 0.0503. The summed E-state index contributed by atoms with van der Waals surface area (Å²) >= 11 is 0. The normalized spacial score (nSPS) is 13.4. The molecular weight excluding hydrogens is 311 g/mol. The Morgan fingerprint density at radius 1 is 1.26 bits per heavy atom. The van der Waals surface area contributed by atoms with Crippen LogP contribution >= 0.6 is 0 Å². The summed E-state index contributed by atoms with van der Waals surface area (Å²) in [6, 6.07) is 6.72. The van der Waals surface area contributed by atoms with Crippen LogP contribution in [0.15, 0.2) is 34.9 Å². The van der Waals surface area contributed by atoms with Crippen LogP contribution in [0.3, 0.4) is 0 Å². The van der Waals surface area contributed by atoms with Crippen molar-refractivity contribution in [3.63, 3.8) is 0 Å². The lowest BCUT2D eigenvalue weighted by Crippen LogP contribution is -2.18. The van der Waals surface area contributed by atoms with E-state index in [1.165, 1.54) is 6.07 Å². The SMILES string of the molecule is C[C@@H](CCc1ccco1)Nc1ccc2nnc(C(F)(F)F)n2n1. The van der Waals surface area contributed by atoms with Crippen molar-refractivity contribution in [3.8, 4) is 0 Å². The van der Waals surface area contributed by atoms with Crippen molar-refractivity contribution in [1.29, 1.82) is 0 Å². The molecule has 1 N–H and O–H groups in total. The lowest BCUT2D eigenvalue weighted by molar-refractivity contribution is -0.146. The highest BCUT2D eigenvalue weighted by Gasteiger charge is 2.37. The predicted molar refractivity (Wildman–Crippen MR) is 75.9 cm³/mol. The van der Waals surface area contributed by atoms with Gasteiger partial charge in [-0.15, -0.1) is 15.3 Å². The van der Waals surface area contributed by atoms with Gasteiger partial charge < -0.3 is 9.73 Å². The summed E-state index contributed by atoms with van der Waals surface area (Å²) in [5, 5.41) is 13.6. The summed E-state index contributed by atoms with van der Waals surface area (Å²) in [4.78, 5) is 0. The third kappa shape index (κ3) is 3.43. The average molecular weight is 325 g/mol. The maximum Gasteiger partial charge on any atom is 0.453 e. The fourth-order valence-corrected chi connectivity index (χ4v) is 2.18. The van der Waals surface area contributed by atoms with Crippen molar-refractivity contribution in [2.75, 3.05) is 5.32 Å². The largest absolute Gasteiger partial charge is 0.469 e. The van der Waals surface area contributed by atoms with E-state index in [1.807, 2.05) is 19.1 Å². The van der Waals surface area contributed by atoms with E-state index >= 15 is 0 Å². The smallest absolute Gasteiger partial charge is 0.453 e. The first-order chi connectivity index (χ1) is 10.9. The molecule has 0 aliphatic carbocycles. The predicted octanol–water partition coefficient (Wildman–Crippen LogP) is 3.17. The van der Waals surface area contributed by atoms with Crippen molar-refractivity contribution >= 4 is 11.5 Å². The van der Waals surface area contributed by atoms with E-state index in [0.29, 0.717) is 10.3 Å². The number of alkyl halides is 3. The number of hydrogen-bond acceptors (Lipinski definition) is 5. The second-order valence-electron chi connectivity index (χ2n) is 5.17. The summed E-state index contributed by atoms with van der Waals surface area (Å²) in [6.45, 7) is 1.92. The molecule has 3 aromatic heterocycles. The zero-order valence-corrected chi connectivity index (χ0v) is 12.2. The van der Waals surface area contributed by atoms with Gasteiger partial charge >= 0.3 is 6.18 Å². The van der Waals surface area contributed by atoms with Gasteiger partial charge in [0.1, 0.15) is 11.6 Å². The van der Waals surface area contributed by atoms with E-state index in [1.54, 1.807) is 12.3 Å². The lowest BCUT2D eigenvalue weighted by Gasteiger charge is -2.14. The molecule has 6 nitrogen and oxygen atoms in total. The van der Waals surface area contributed by atoms with Gasteiger partial charge in [0.2, 0.25) is 0 Å². The minimum Gasteiger partial charge on any atom is -0.469 e. The van der Waals surface area contributed by atoms with Gasteiger partial charge in [0.25, 0.3) is 5.82 Å². The average Bonchev–Trinajstić information content (AvgIpc) is 3.13. The van der Waals surface area contributed by atoms with Crippen LogP contribution < -0.4 is 5.32 Å². The minimum atomic E-state index is -4.60. The number of nitrogens with one attached hydrogen (secondary N) is 1. The molecule has 0 spiro atoms. The maximum absolute atomic E-state index is 12.8. The Balaban J connectivity index is 1.72. The molecule has 0 saturated carbocycles. The number of hydrogen-bond donors (Lipinski definition) is 1. The van der Waals surface area contributed by atoms with Crippen LogP contribution in [0.25, 0.3) is 5.65 Å². The number of furan rings is 1. The summed E-state index contributed by atoms with van der Waals surface area (Å²) in [6.07, 6.45) is -1.52. The minimum absolute atomic E-state index is 0.0101. The standard InChI is InChI=1S/C14H14F3N5O/c1-9(4-5-10-3-2-8-23-10)18-11-6-7-12-19-20-13(14(15,16)17)22(12)21-11/h2-3,6-9H,4-5H2,1H3,(H,18,21)/t9-/m0/s1. The molecule has 0 unspecified atom stereocenters. The zero-order chi connectivity index (χ0) is 16.4. The van der Waals surface area contributed by atoms with Gasteiger partial charge in [0.15, 0.2) is 5.65 Å². The van der Waals surface area contributed by atoms with Gasteiger partial charge in [-0.1, -0.05) is 0 Å². The highest BCUT2D eigenvalue weighted by molar-refractivity contribution is 5.44. The molecule has 3 aromatic rings. The third-order valence-corrected chi connectivity index (χ3v) is 3.31. The molecule has 0 bridgehead atoms. The number of fused-ring (bicyclic) bond motifs is 1. The highest BCUT2D eigenvalue weighted by Crippen LogP contribution is 2.27. The van der Waals surface area contributed by atoms with E-state index < -0.39 is 12.0 Å².